The maximum absolute atomic E-state index is 12.5. The first kappa shape index (κ1) is 13.1. The first-order chi connectivity index (χ1) is 8.77. The predicted molar refractivity (Wildman–Crippen MR) is 75.4 cm³/mol. The zero-order chi connectivity index (χ0) is 13.0. The van der Waals surface area contributed by atoms with Crippen LogP contribution in [-0.2, 0) is 11.8 Å². The number of hydrogen-bond acceptors (Lipinski definition) is 1. The number of carbonyl (C=O) groups excluding carboxylic acids is 1. The molecule has 1 nitrogen and oxygen atoms in total. The Labute approximate surface area is 116 Å². The Morgan fingerprint density at radius 2 is 1.17 bits per heavy atom. The smallest absolute Gasteiger partial charge is 0.193 e. The van der Waals surface area contributed by atoms with Gasteiger partial charge in [-0.15, -0.1) is 23.2 Å². The van der Waals surface area contributed by atoms with E-state index in [1.807, 2.05) is 36.4 Å². The van der Waals surface area contributed by atoms with Gasteiger partial charge in [-0.25, -0.2) is 0 Å². The van der Waals surface area contributed by atoms with E-state index in [2.05, 4.69) is 0 Å². The van der Waals surface area contributed by atoms with E-state index in [4.69, 9.17) is 23.2 Å². The fraction of sp³-hybridized carbons (Fsp3) is 0.133. The molecule has 0 aliphatic heterocycles. The van der Waals surface area contributed by atoms with Crippen molar-refractivity contribution in [1.29, 1.82) is 0 Å². The maximum Gasteiger partial charge on any atom is 0.193 e. The van der Waals surface area contributed by atoms with Crippen LogP contribution in [0.1, 0.15) is 27.0 Å². The van der Waals surface area contributed by atoms with Gasteiger partial charge in [-0.2, -0.15) is 0 Å². The van der Waals surface area contributed by atoms with Crippen LogP contribution in [0.25, 0.3) is 0 Å². The van der Waals surface area contributed by atoms with Gasteiger partial charge in [-0.3, -0.25) is 4.79 Å². The molecule has 0 radical (unpaired) electrons. The van der Waals surface area contributed by atoms with Crippen molar-refractivity contribution in [3.63, 3.8) is 0 Å². The fourth-order valence-electron chi connectivity index (χ4n) is 1.86. The number of hydrogen-bond donors (Lipinski definition) is 0. The molecule has 0 aromatic heterocycles. The Balaban J connectivity index is 2.48. The number of ketones is 1. The van der Waals surface area contributed by atoms with Crippen LogP contribution in [0.5, 0.6) is 0 Å². The highest BCUT2D eigenvalue weighted by molar-refractivity contribution is 6.20. The highest BCUT2D eigenvalue weighted by atomic mass is 35.5. The number of rotatable bonds is 4. The normalized spacial score (nSPS) is 10.3. The first-order valence-corrected chi connectivity index (χ1v) is 6.67. The minimum absolute atomic E-state index is 0.0255. The second kappa shape index (κ2) is 6.03. The van der Waals surface area contributed by atoms with Crippen LogP contribution >= 0.6 is 23.2 Å². The molecule has 0 aliphatic rings. The molecule has 0 atom stereocenters. The standard InChI is InChI=1S/C15H12Cl2O/c16-9-11-5-1-3-7-13(11)15(18)14-8-4-2-6-12(14)10-17/h1-8H,9-10H2. The summed E-state index contributed by atoms with van der Waals surface area (Å²) in [4.78, 5) is 12.5. The second-order valence-electron chi connectivity index (χ2n) is 3.91. The molecule has 0 aliphatic carbocycles. The van der Waals surface area contributed by atoms with Gasteiger partial charge in [-0.1, -0.05) is 48.5 Å². The largest absolute Gasteiger partial charge is 0.289 e. The van der Waals surface area contributed by atoms with Crippen LogP contribution in [0.15, 0.2) is 48.5 Å². The summed E-state index contributed by atoms with van der Waals surface area (Å²) in [6.07, 6.45) is 0. The third-order valence-electron chi connectivity index (χ3n) is 2.81. The Bertz CT molecular complexity index is 514. The van der Waals surface area contributed by atoms with Gasteiger partial charge in [-0.05, 0) is 11.1 Å². The molecular weight excluding hydrogens is 267 g/mol. The zero-order valence-electron chi connectivity index (χ0n) is 9.70. The molecule has 0 unspecified atom stereocenters. The lowest BCUT2D eigenvalue weighted by atomic mass is 9.96. The minimum Gasteiger partial charge on any atom is -0.289 e. The lowest BCUT2D eigenvalue weighted by molar-refractivity contribution is 0.103. The van der Waals surface area contributed by atoms with Gasteiger partial charge in [0.1, 0.15) is 0 Å². The van der Waals surface area contributed by atoms with E-state index in [0.29, 0.717) is 22.9 Å². The highest BCUT2D eigenvalue weighted by Gasteiger charge is 2.15. The van der Waals surface area contributed by atoms with Gasteiger partial charge >= 0.3 is 0 Å². The third-order valence-corrected chi connectivity index (χ3v) is 3.39. The van der Waals surface area contributed by atoms with Crippen molar-refractivity contribution in [3.8, 4) is 0 Å². The van der Waals surface area contributed by atoms with Crippen molar-refractivity contribution in [1.82, 2.24) is 0 Å². The van der Waals surface area contributed by atoms with Crippen LogP contribution in [0, 0.1) is 0 Å². The van der Waals surface area contributed by atoms with Crippen molar-refractivity contribution < 1.29 is 4.79 Å². The van der Waals surface area contributed by atoms with Crippen molar-refractivity contribution in [2.45, 2.75) is 11.8 Å². The Morgan fingerprint density at radius 1 is 0.778 bits per heavy atom. The van der Waals surface area contributed by atoms with Gasteiger partial charge in [0.05, 0.1) is 0 Å². The highest BCUT2D eigenvalue weighted by Crippen LogP contribution is 2.20. The lowest BCUT2D eigenvalue weighted by Crippen LogP contribution is -2.07. The monoisotopic (exact) mass is 278 g/mol. The number of carbonyl (C=O) groups is 1. The zero-order valence-corrected chi connectivity index (χ0v) is 11.2. The fourth-order valence-corrected chi connectivity index (χ4v) is 2.33. The number of halogens is 2. The summed E-state index contributed by atoms with van der Waals surface area (Å²) in [6, 6.07) is 14.8. The van der Waals surface area contributed by atoms with Crippen molar-refractivity contribution in [2.75, 3.05) is 0 Å². The number of benzene rings is 2. The quantitative estimate of drug-likeness (QED) is 0.599. The summed E-state index contributed by atoms with van der Waals surface area (Å²) >= 11 is 11.7. The Hall–Kier alpha value is -1.31. The van der Waals surface area contributed by atoms with E-state index in [0.717, 1.165) is 11.1 Å². The summed E-state index contributed by atoms with van der Waals surface area (Å²) in [5, 5.41) is 0. The molecule has 0 saturated heterocycles. The van der Waals surface area contributed by atoms with Crippen LogP contribution in [0.4, 0.5) is 0 Å². The van der Waals surface area contributed by atoms with E-state index in [-0.39, 0.29) is 5.78 Å². The molecule has 0 fully saturated rings. The van der Waals surface area contributed by atoms with Crippen LogP contribution < -0.4 is 0 Å². The minimum atomic E-state index is -0.0255. The second-order valence-corrected chi connectivity index (χ2v) is 4.45. The SMILES string of the molecule is O=C(c1ccccc1CCl)c1ccccc1CCl. The van der Waals surface area contributed by atoms with E-state index in [1.54, 1.807) is 12.1 Å². The van der Waals surface area contributed by atoms with Crippen LogP contribution in [0.2, 0.25) is 0 Å². The van der Waals surface area contributed by atoms with Gasteiger partial charge in [0.15, 0.2) is 5.78 Å². The average Bonchev–Trinajstić information content (AvgIpc) is 2.46. The molecule has 0 amide bonds. The summed E-state index contributed by atoms with van der Waals surface area (Å²) in [5.41, 5.74) is 2.97. The molecule has 92 valence electrons. The van der Waals surface area contributed by atoms with Gasteiger partial charge in [0, 0.05) is 22.9 Å². The summed E-state index contributed by atoms with van der Waals surface area (Å²) in [6.45, 7) is 0. The van der Waals surface area contributed by atoms with Crippen molar-refractivity contribution >= 4 is 29.0 Å². The van der Waals surface area contributed by atoms with E-state index in [9.17, 15) is 4.79 Å². The van der Waals surface area contributed by atoms with Crippen molar-refractivity contribution in [3.05, 3.63) is 70.8 Å². The third kappa shape index (κ3) is 2.58. The number of alkyl halides is 2. The average molecular weight is 279 g/mol. The Morgan fingerprint density at radius 3 is 1.56 bits per heavy atom. The van der Waals surface area contributed by atoms with Gasteiger partial charge in [0.2, 0.25) is 0 Å². The van der Waals surface area contributed by atoms with E-state index >= 15 is 0 Å². The lowest BCUT2D eigenvalue weighted by Gasteiger charge is -2.09. The summed E-state index contributed by atoms with van der Waals surface area (Å²) in [5.74, 6) is 0.623. The summed E-state index contributed by atoms with van der Waals surface area (Å²) < 4.78 is 0. The van der Waals surface area contributed by atoms with Gasteiger partial charge in [0.25, 0.3) is 0 Å². The topological polar surface area (TPSA) is 17.1 Å². The molecule has 0 bridgehead atoms. The van der Waals surface area contributed by atoms with Crippen LogP contribution in [-0.4, -0.2) is 5.78 Å². The molecule has 2 aromatic carbocycles. The Kier molecular flexibility index (Phi) is 4.40. The van der Waals surface area contributed by atoms with E-state index in [1.165, 1.54) is 0 Å². The molecular formula is C15H12Cl2O. The molecule has 0 heterocycles. The molecule has 0 saturated carbocycles. The first-order valence-electron chi connectivity index (χ1n) is 5.60. The summed E-state index contributed by atoms with van der Waals surface area (Å²) in [7, 11) is 0. The molecule has 18 heavy (non-hydrogen) atoms. The molecule has 2 aromatic rings. The van der Waals surface area contributed by atoms with E-state index < -0.39 is 0 Å². The predicted octanol–water partition coefficient (Wildman–Crippen LogP) is 4.40. The van der Waals surface area contributed by atoms with Crippen molar-refractivity contribution in [2.24, 2.45) is 0 Å². The molecule has 2 rings (SSSR count). The van der Waals surface area contributed by atoms with Gasteiger partial charge < -0.3 is 0 Å². The molecule has 0 spiro atoms. The molecule has 0 N–H and O–H groups in total. The van der Waals surface area contributed by atoms with Crippen LogP contribution in [0.3, 0.4) is 0 Å². The molecule has 3 heteroatoms. The maximum atomic E-state index is 12.5.